The van der Waals surface area contributed by atoms with Crippen molar-refractivity contribution in [2.24, 2.45) is 0 Å². The molecule has 2 aromatic rings. The van der Waals surface area contributed by atoms with Crippen molar-refractivity contribution >= 4 is 33.2 Å². The number of aromatic hydroxyl groups is 1. The minimum atomic E-state index is -0.558. The summed E-state index contributed by atoms with van der Waals surface area (Å²) in [5.74, 6) is -0.388. The molecular weight excluding hydrogens is 340 g/mol. The number of anilines is 1. The van der Waals surface area contributed by atoms with Gasteiger partial charge < -0.3 is 10.0 Å². The van der Waals surface area contributed by atoms with Crippen LogP contribution >= 0.6 is 15.9 Å². The highest BCUT2D eigenvalue weighted by Crippen LogP contribution is 2.26. The molecule has 0 aromatic heterocycles. The van der Waals surface area contributed by atoms with Gasteiger partial charge in [0.05, 0.1) is 10.5 Å². The predicted octanol–water partition coefficient (Wildman–Crippen LogP) is 3.34. The molecule has 0 fully saturated rings. The fourth-order valence-electron chi connectivity index (χ4n) is 1.79. The number of hydrogen-bond donors (Lipinski definition) is 1. The van der Waals surface area contributed by atoms with Crippen LogP contribution in [0.3, 0.4) is 0 Å². The van der Waals surface area contributed by atoms with Crippen molar-refractivity contribution in [3.05, 3.63) is 62.6 Å². The third-order valence-corrected chi connectivity index (χ3v) is 3.60. The maximum absolute atomic E-state index is 12.4. The standard InChI is InChI=1S/C14H11BrN2O4/c1-16(9-3-2-4-11(18)7-9)14(19)12-8-10(17(20)21)5-6-13(12)15/h2-8,18H,1H3. The lowest BCUT2D eigenvalue weighted by atomic mass is 10.1. The number of nitrogens with zero attached hydrogens (tertiary/aromatic N) is 2. The van der Waals surface area contributed by atoms with Gasteiger partial charge in [0.25, 0.3) is 11.6 Å². The quantitative estimate of drug-likeness (QED) is 0.679. The third-order valence-electron chi connectivity index (χ3n) is 2.91. The van der Waals surface area contributed by atoms with Crippen LogP contribution in [0.2, 0.25) is 0 Å². The maximum Gasteiger partial charge on any atom is 0.270 e. The van der Waals surface area contributed by atoms with E-state index in [1.54, 1.807) is 12.1 Å². The molecule has 0 heterocycles. The molecule has 0 aliphatic rings. The van der Waals surface area contributed by atoms with Crippen molar-refractivity contribution in [3.63, 3.8) is 0 Å². The number of amides is 1. The van der Waals surface area contributed by atoms with Crippen LogP contribution in [0.5, 0.6) is 5.75 Å². The molecule has 2 rings (SSSR count). The molecule has 21 heavy (non-hydrogen) atoms. The zero-order valence-corrected chi connectivity index (χ0v) is 12.6. The van der Waals surface area contributed by atoms with E-state index in [0.717, 1.165) is 0 Å². The summed E-state index contributed by atoms with van der Waals surface area (Å²) in [4.78, 5) is 24.0. The summed E-state index contributed by atoms with van der Waals surface area (Å²) in [6.07, 6.45) is 0. The Morgan fingerprint density at radius 1 is 1.29 bits per heavy atom. The lowest BCUT2D eigenvalue weighted by Gasteiger charge is -2.18. The van der Waals surface area contributed by atoms with Gasteiger partial charge in [0.1, 0.15) is 5.75 Å². The average Bonchev–Trinajstić information content (AvgIpc) is 2.46. The van der Waals surface area contributed by atoms with Crippen LogP contribution in [-0.2, 0) is 0 Å². The van der Waals surface area contributed by atoms with Crippen LogP contribution in [0.1, 0.15) is 10.4 Å². The molecular formula is C14H11BrN2O4. The fraction of sp³-hybridized carbons (Fsp3) is 0.0714. The van der Waals surface area contributed by atoms with E-state index in [1.165, 1.54) is 42.3 Å². The number of rotatable bonds is 3. The number of carbonyl (C=O) groups is 1. The summed E-state index contributed by atoms with van der Waals surface area (Å²) >= 11 is 3.22. The summed E-state index contributed by atoms with van der Waals surface area (Å²) < 4.78 is 0.463. The molecule has 7 heteroatoms. The SMILES string of the molecule is CN(C(=O)c1cc([N+](=O)[O-])ccc1Br)c1cccc(O)c1. The van der Waals surface area contributed by atoms with Crippen LogP contribution in [-0.4, -0.2) is 23.0 Å². The van der Waals surface area contributed by atoms with Gasteiger partial charge in [-0.2, -0.15) is 0 Å². The van der Waals surface area contributed by atoms with Crippen molar-refractivity contribution in [3.8, 4) is 5.75 Å². The molecule has 0 atom stereocenters. The van der Waals surface area contributed by atoms with E-state index >= 15 is 0 Å². The van der Waals surface area contributed by atoms with Crippen LogP contribution in [0.4, 0.5) is 11.4 Å². The highest BCUT2D eigenvalue weighted by atomic mass is 79.9. The third kappa shape index (κ3) is 3.19. The Labute approximate surface area is 128 Å². The second-order valence-electron chi connectivity index (χ2n) is 4.31. The largest absolute Gasteiger partial charge is 0.508 e. The topological polar surface area (TPSA) is 83.7 Å². The Morgan fingerprint density at radius 3 is 2.62 bits per heavy atom. The number of halogens is 1. The molecule has 1 N–H and O–H groups in total. The normalized spacial score (nSPS) is 10.2. The van der Waals surface area contributed by atoms with E-state index in [9.17, 15) is 20.0 Å². The average molecular weight is 351 g/mol. The lowest BCUT2D eigenvalue weighted by molar-refractivity contribution is -0.384. The Balaban J connectivity index is 2.39. The van der Waals surface area contributed by atoms with Gasteiger partial charge in [-0.3, -0.25) is 14.9 Å². The molecule has 0 bridgehead atoms. The van der Waals surface area contributed by atoms with Gasteiger partial charge in [-0.15, -0.1) is 0 Å². The first-order valence-corrected chi connectivity index (χ1v) is 6.70. The first-order chi connectivity index (χ1) is 9.90. The van der Waals surface area contributed by atoms with E-state index in [4.69, 9.17) is 0 Å². The number of nitro benzene ring substituents is 1. The van der Waals surface area contributed by atoms with Crippen LogP contribution in [0.15, 0.2) is 46.9 Å². The smallest absolute Gasteiger partial charge is 0.270 e. The molecule has 0 saturated heterocycles. The Bertz CT molecular complexity index is 718. The molecule has 108 valence electrons. The van der Waals surface area contributed by atoms with Gasteiger partial charge >= 0.3 is 0 Å². The molecule has 6 nitrogen and oxygen atoms in total. The highest BCUT2D eigenvalue weighted by molar-refractivity contribution is 9.10. The summed E-state index contributed by atoms with van der Waals surface area (Å²) in [6.45, 7) is 0. The van der Waals surface area contributed by atoms with Crippen molar-refractivity contribution in [2.75, 3.05) is 11.9 Å². The van der Waals surface area contributed by atoms with Gasteiger partial charge in [0.2, 0.25) is 0 Å². The molecule has 0 aliphatic carbocycles. The number of non-ortho nitro benzene ring substituents is 1. The maximum atomic E-state index is 12.4. The van der Waals surface area contributed by atoms with E-state index in [1.807, 2.05) is 0 Å². The predicted molar refractivity (Wildman–Crippen MR) is 81.6 cm³/mol. The number of benzene rings is 2. The van der Waals surface area contributed by atoms with Crippen LogP contribution < -0.4 is 4.90 Å². The van der Waals surface area contributed by atoms with E-state index in [-0.39, 0.29) is 17.0 Å². The summed E-state index contributed by atoms with van der Waals surface area (Å²) in [5, 5.41) is 20.3. The Kier molecular flexibility index (Phi) is 4.23. The Morgan fingerprint density at radius 2 is 2.00 bits per heavy atom. The molecule has 0 spiro atoms. The monoisotopic (exact) mass is 350 g/mol. The molecule has 2 aromatic carbocycles. The minimum absolute atomic E-state index is 0.0326. The van der Waals surface area contributed by atoms with Crippen molar-refractivity contribution < 1.29 is 14.8 Å². The fourth-order valence-corrected chi connectivity index (χ4v) is 2.21. The van der Waals surface area contributed by atoms with Crippen LogP contribution in [0.25, 0.3) is 0 Å². The lowest BCUT2D eigenvalue weighted by Crippen LogP contribution is -2.26. The van der Waals surface area contributed by atoms with E-state index in [2.05, 4.69) is 15.9 Å². The molecule has 0 aliphatic heterocycles. The number of phenolic OH excluding ortho intramolecular Hbond substituents is 1. The van der Waals surface area contributed by atoms with Gasteiger partial charge in [0.15, 0.2) is 0 Å². The summed E-state index contributed by atoms with van der Waals surface area (Å²) in [7, 11) is 1.53. The number of phenols is 1. The van der Waals surface area contributed by atoms with Crippen molar-refractivity contribution in [1.29, 1.82) is 0 Å². The van der Waals surface area contributed by atoms with Gasteiger partial charge in [0, 0.05) is 35.4 Å². The van der Waals surface area contributed by atoms with Gasteiger partial charge in [-0.1, -0.05) is 6.07 Å². The van der Waals surface area contributed by atoms with E-state index in [0.29, 0.717) is 10.2 Å². The number of nitro groups is 1. The van der Waals surface area contributed by atoms with Crippen LogP contribution in [0, 0.1) is 10.1 Å². The first kappa shape index (κ1) is 15.0. The number of hydrogen-bond acceptors (Lipinski definition) is 4. The summed E-state index contributed by atoms with van der Waals surface area (Å²) in [6, 6.07) is 10.2. The minimum Gasteiger partial charge on any atom is -0.508 e. The van der Waals surface area contributed by atoms with Crippen molar-refractivity contribution in [1.82, 2.24) is 0 Å². The zero-order chi connectivity index (χ0) is 15.6. The van der Waals surface area contributed by atoms with Gasteiger partial charge in [-0.25, -0.2) is 0 Å². The molecule has 1 amide bonds. The second-order valence-corrected chi connectivity index (χ2v) is 5.16. The van der Waals surface area contributed by atoms with Crippen molar-refractivity contribution in [2.45, 2.75) is 0 Å². The van der Waals surface area contributed by atoms with E-state index < -0.39 is 10.8 Å². The second kappa shape index (κ2) is 5.92. The Hall–Kier alpha value is -2.41. The zero-order valence-electron chi connectivity index (χ0n) is 11.0. The number of carbonyl (C=O) groups excluding carboxylic acids is 1. The molecule has 0 unspecified atom stereocenters. The van der Waals surface area contributed by atoms with Gasteiger partial charge in [-0.05, 0) is 34.1 Å². The molecule has 0 saturated carbocycles. The highest BCUT2D eigenvalue weighted by Gasteiger charge is 2.19. The molecule has 0 radical (unpaired) electrons. The summed E-state index contributed by atoms with van der Waals surface area (Å²) in [5.41, 5.74) is 0.499. The first-order valence-electron chi connectivity index (χ1n) is 5.91.